The first-order chi connectivity index (χ1) is 9.56. The molecule has 0 saturated heterocycles. The van der Waals surface area contributed by atoms with Crippen LogP contribution in [-0.2, 0) is 0 Å². The third kappa shape index (κ3) is 2.73. The molecule has 1 amide bonds. The molecule has 20 heavy (non-hydrogen) atoms. The SMILES string of the molecule is CC1(NC(=O)c2ccc3cc(Br)ccc3c2)CCCC1. The predicted octanol–water partition coefficient (Wildman–Crippen LogP) is 4.66. The van der Waals surface area contributed by atoms with Crippen molar-refractivity contribution in [1.82, 2.24) is 5.32 Å². The summed E-state index contributed by atoms with van der Waals surface area (Å²) in [6.45, 7) is 2.15. The molecule has 0 heterocycles. The van der Waals surface area contributed by atoms with Crippen LogP contribution < -0.4 is 5.32 Å². The van der Waals surface area contributed by atoms with Crippen LogP contribution in [0, 0.1) is 0 Å². The fraction of sp³-hybridized carbons (Fsp3) is 0.353. The molecule has 0 spiro atoms. The molecule has 3 rings (SSSR count). The van der Waals surface area contributed by atoms with E-state index in [0.717, 1.165) is 33.7 Å². The molecule has 0 unspecified atom stereocenters. The lowest BCUT2D eigenvalue weighted by molar-refractivity contribution is 0.0908. The Morgan fingerprint density at radius 3 is 2.50 bits per heavy atom. The van der Waals surface area contributed by atoms with Gasteiger partial charge < -0.3 is 5.32 Å². The number of fused-ring (bicyclic) bond motifs is 1. The largest absolute Gasteiger partial charge is 0.347 e. The summed E-state index contributed by atoms with van der Waals surface area (Å²) in [6, 6.07) is 12.0. The van der Waals surface area contributed by atoms with E-state index >= 15 is 0 Å². The van der Waals surface area contributed by atoms with E-state index in [2.05, 4.69) is 34.2 Å². The van der Waals surface area contributed by atoms with Crippen LogP contribution in [0.3, 0.4) is 0 Å². The van der Waals surface area contributed by atoms with Gasteiger partial charge in [0.1, 0.15) is 0 Å². The minimum atomic E-state index is -0.0221. The quantitative estimate of drug-likeness (QED) is 0.851. The summed E-state index contributed by atoms with van der Waals surface area (Å²) < 4.78 is 1.06. The van der Waals surface area contributed by atoms with E-state index in [-0.39, 0.29) is 11.4 Å². The Bertz CT molecular complexity index is 659. The fourth-order valence-electron chi connectivity index (χ4n) is 2.98. The third-order valence-electron chi connectivity index (χ3n) is 4.19. The number of halogens is 1. The summed E-state index contributed by atoms with van der Waals surface area (Å²) in [5.41, 5.74) is 0.721. The summed E-state index contributed by atoms with van der Waals surface area (Å²) in [5, 5.41) is 5.44. The highest BCUT2D eigenvalue weighted by molar-refractivity contribution is 9.10. The van der Waals surface area contributed by atoms with Crippen LogP contribution in [0.15, 0.2) is 40.9 Å². The third-order valence-corrected chi connectivity index (χ3v) is 4.68. The Morgan fingerprint density at radius 1 is 1.10 bits per heavy atom. The van der Waals surface area contributed by atoms with Crippen LogP contribution in [0.4, 0.5) is 0 Å². The zero-order chi connectivity index (χ0) is 14.2. The monoisotopic (exact) mass is 331 g/mol. The smallest absolute Gasteiger partial charge is 0.251 e. The summed E-state index contributed by atoms with van der Waals surface area (Å²) in [4.78, 5) is 12.4. The van der Waals surface area contributed by atoms with Crippen LogP contribution in [0.25, 0.3) is 10.8 Å². The Morgan fingerprint density at radius 2 is 1.75 bits per heavy atom. The molecule has 0 bridgehead atoms. The normalized spacial score (nSPS) is 17.3. The number of hydrogen-bond donors (Lipinski definition) is 1. The molecule has 0 radical (unpaired) electrons. The molecule has 2 aromatic rings. The molecule has 0 atom stereocenters. The average molecular weight is 332 g/mol. The highest BCUT2D eigenvalue weighted by Crippen LogP contribution is 2.29. The maximum absolute atomic E-state index is 12.4. The number of benzene rings is 2. The second-order valence-corrected chi connectivity index (χ2v) is 6.84. The van der Waals surface area contributed by atoms with Crippen LogP contribution in [-0.4, -0.2) is 11.4 Å². The van der Waals surface area contributed by atoms with Crippen LogP contribution in [0.2, 0.25) is 0 Å². The Hall–Kier alpha value is -1.35. The number of hydrogen-bond acceptors (Lipinski definition) is 1. The molecule has 1 saturated carbocycles. The van der Waals surface area contributed by atoms with E-state index in [4.69, 9.17) is 0 Å². The Balaban J connectivity index is 1.86. The van der Waals surface area contributed by atoms with E-state index in [9.17, 15) is 4.79 Å². The van der Waals surface area contributed by atoms with Gasteiger partial charge in [-0.25, -0.2) is 0 Å². The van der Waals surface area contributed by atoms with Gasteiger partial charge >= 0.3 is 0 Å². The first-order valence-electron chi connectivity index (χ1n) is 7.08. The highest BCUT2D eigenvalue weighted by atomic mass is 79.9. The van der Waals surface area contributed by atoms with Crippen molar-refractivity contribution in [3.05, 3.63) is 46.4 Å². The lowest BCUT2D eigenvalue weighted by Crippen LogP contribution is -2.43. The number of carbonyl (C=O) groups excluding carboxylic acids is 1. The van der Waals surface area contributed by atoms with Gasteiger partial charge in [0.2, 0.25) is 0 Å². The molecule has 3 heteroatoms. The summed E-state index contributed by atoms with van der Waals surface area (Å²) in [5.74, 6) is 0.0409. The number of rotatable bonds is 2. The Labute approximate surface area is 127 Å². The predicted molar refractivity (Wildman–Crippen MR) is 86.0 cm³/mol. The molecular weight excluding hydrogens is 314 g/mol. The van der Waals surface area contributed by atoms with Crippen molar-refractivity contribution in [2.24, 2.45) is 0 Å². The fourth-order valence-corrected chi connectivity index (χ4v) is 3.36. The molecule has 1 N–H and O–H groups in total. The zero-order valence-corrected chi connectivity index (χ0v) is 13.2. The molecule has 1 aliphatic rings. The van der Waals surface area contributed by atoms with Crippen molar-refractivity contribution in [2.75, 3.05) is 0 Å². The van der Waals surface area contributed by atoms with Crippen molar-refractivity contribution in [2.45, 2.75) is 38.1 Å². The molecule has 2 aromatic carbocycles. The first-order valence-corrected chi connectivity index (χ1v) is 7.87. The van der Waals surface area contributed by atoms with Gasteiger partial charge in [0.15, 0.2) is 0 Å². The maximum Gasteiger partial charge on any atom is 0.251 e. The van der Waals surface area contributed by atoms with Crippen molar-refractivity contribution in [1.29, 1.82) is 0 Å². The lowest BCUT2D eigenvalue weighted by Gasteiger charge is -2.25. The van der Waals surface area contributed by atoms with E-state index < -0.39 is 0 Å². The van der Waals surface area contributed by atoms with Gasteiger partial charge in [-0.05, 0) is 54.8 Å². The standard InChI is InChI=1S/C17H18BrNO/c1-17(8-2-3-9-17)19-16(20)14-5-4-13-11-15(18)7-6-12(13)10-14/h4-7,10-11H,2-3,8-9H2,1H3,(H,19,20). The van der Waals surface area contributed by atoms with Crippen molar-refractivity contribution >= 4 is 32.6 Å². The van der Waals surface area contributed by atoms with Crippen LogP contribution >= 0.6 is 15.9 Å². The van der Waals surface area contributed by atoms with E-state index in [1.165, 1.54) is 12.8 Å². The van der Waals surface area contributed by atoms with E-state index in [1.54, 1.807) is 0 Å². The number of carbonyl (C=O) groups is 1. The van der Waals surface area contributed by atoms with Crippen molar-refractivity contribution < 1.29 is 4.79 Å². The van der Waals surface area contributed by atoms with Crippen LogP contribution in [0.1, 0.15) is 43.0 Å². The van der Waals surface area contributed by atoms with Gasteiger partial charge in [0.05, 0.1) is 0 Å². The van der Waals surface area contributed by atoms with Crippen molar-refractivity contribution in [3.8, 4) is 0 Å². The van der Waals surface area contributed by atoms with Gasteiger partial charge in [-0.3, -0.25) is 4.79 Å². The second kappa shape index (κ2) is 5.21. The van der Waals surface area contributed by atoms with Gasteiger partial charge in [0, 0.05) is 15.6 Å². The minimum absolute atomic E-state index is 0.0221. The van der Waals surface area contributed by atoms with Crippen molar-refractivity contribution in [3.63, 3.8) is 0 Å². The van der Waals surface area contributed by atoms with E-state index in [1.807, 2.05) is 30.3 Å². The molecule has 1 aliphatic carbocycles. The van der Waals surface area contributed by atoms with Gasteiger partial charge in [-0.2, -0.15) is 0 Å². The number of amides is 1. The average Bonchev–Trinajstić information content (AvgIpc) is 2.84. The molecule has 1 fully saturated rings. The zero-order valence-electron chi connectivity index (χ0n) is 11.6. The molecule has 0 aliphatic heterocycles. The molecule has 104 valence electrons. The maximum atomic E-state index is 12.4. The Kier molecular flexibility index (Phi) is 3.55. The lowest BCUT2D eigenvalue weighted by atomic mass is 9.99. The van der Waals surface area contributed by atoms with Gasteiger partial charge in [-0.15, -0.1) is 0 Å². The van der Waals surface area contributed by atoms with Crippen LogP contribution in [0.5, 0.6) is 0 Å². The van der Waals surface area contributed by atoms with E-state index in [0.29, 0.717) is 0 Å². The van der Waals surface area contributed by atoms with Gasteiger partial charge in [-0.1, -0.05) is 40.9 Å². The molecule has 2 nitrogen and oxygen atoms in total. The summed E-state index contributed by atoms with van der Waals surface area (Å²) in [6.07, 6.45) is 4.59. The summed E-state index contributed by atoms with van der Waals surface area (Å²) in [7, 11) is 0. The minimum Gasteiger partial charge on any atom is -0.347 e. The molecular formula is C17H18BrNO. The summed E-state index contributed by atoms with van der Waals surface area (Å²) >= 11 is 3.47. The first kappa shape index (κ1) is 13.6. The number of nitrogens with one attached hydrogen (secondary N) is 1. The molecule has 0 aromatic heterocycles. The topological polar surface area (TPSA) is 29.1 Å². The second-order valence-electron chi connectivity index (χ2n) is 5.93. The highest BCUT2D eigenvalue weighted by Gasteiger charge is 2.30. The van der Waals surface area contributed by atoms with Gasteiger partial charge in [0.25, 0.3) is 5.91 Å².